The lowest BCUT2D eigenvalue weighted by atomic mass is 10.1. The first-order chi connectivity index (χ1) is 13.6. The summed E-state index contributed by atoms with van der Waals surface area (Å²) in [5.74, 6) is -4.06. The molecule has 1 aliphatic rings. The van der Waals surface area contributed by atoms with E-state index in [4.69, 9.17) is 4.74 Å². The highest BCUT2D eigenvalue weighted by Gasteiger charge is 2.69. The Kier molecular flexibility index (Phi) is 4.91. The van der Waals surface area contributed by atoms with Gasteiger partial charge in [0.2, 0.25) is 0 Å². The number of hydrogen-bond donors (Lipinski definition) is 2. The number of nitrogens with one attached hydrogen (secondary N) is 2. The molecule has 4 amide bonds. The third kappa shape index (κ3) is 3.35. The van der Waals surface area contributed by atoms with Crippen LogP contribution in [0.15, 0.2) is 48.5 Å². The monoisotopic (exact) mass is 411 g/mol. The summed E-state index contributed by atoms with van der Waals surface area (Å²) in [5, 5.41) is 2.92. The minimum absolute atomic E-state index is 0.181. The van der Waals surface area contributed by atoms with Gasteiger partial charge in [0.25, 0.3) is 17.5 Å². The maximum absolute atomic E-state index is 13.8. The van der Waals surface area contributed by atoms with Crippen molar-refractivity contribution < 1.29 is 36.7 Å². The van der Waals surface area contributed by atoms with E-state index in [0.717, 1.165) is 12.1 Å². The van der Waals surface area contributed by atoms with Crippen LogP contribution in [-0.4, -0.2) is 36.8 Å². The van der Waals surface area contributed by atoms with E-state index in [1.807, 2.05) is 0 Å². The molecule has 0 saturated carbocycles. The Labute approximate surface area is 161 Å². The fourth-order valence-corrected chi connectivity index (χ4v) is 2.73. The molecule has 0 aromatic heterocycles. The van der Waals surface area contributed by atoms with Gasteiger partial charge >= 0.3 is 12.2 Å². The van der Waals surface area contributed by atoms with Gasteiger partial charge in [-0.1, -0.05) is 12.1 Å². The third-order valence-electron chi connectivity index (χ3n) is 4.20. The summed E-state index contributed by atoms with van der Waals surface area (Å²) in [6.07, 6.45) is -5.41. The Hall–Kier alpha value is -3.63. The van der Waals surface area contributed by atoms with E-state index in [1.54, 1.807) is 0 Å². The lowest BCUT2D eigenvalue weighted by Crippen LogP contribution is -2.69. The standard InChI is InChI=1S/C18H13F4N3O4/c1-29-11-8-6-10(7-9-11)25-15(27)17(18(20,21)22,24-16(25)28)23-14(26)12-4-2-3-5-13(12)19/h2-9H,1H3,(H,23,26)(H,24,28)/t17-/m0/s1. The smallest absolute Gasteiger partial charge is 0.440 e. The molecule has 0 unspecified atom stereocenters. The van der Waals surface area contributed by atoms with Crippen LogP contribution in [0.3, 0.4) is 0 Å². The number of nitrogens with zero attached hydrogens (tertiary/aromatic N) is 1. The Bertz CT molecular complexity index is 978. The van der Waals surface area contributed by atoms with Gasteiger partial charge in [0.15, 0.2) is 0 Å². The van der Waals surface area contributed by atoms with Gasteiger partial charge < -0.3 is 10.1 Å². The molecule has 2 aromatic rings. The second-order valence-electron chi connectivity index (χ2n) is 5.95. The van der Waals surface area contributed by atoms with Crippen molar-refractivity contribution in [3.05, 3.63) is 59.9 Å². The topological polar surface area (TPSA) is 87.7 Å². The average molecular weight is 411 g/mol. The summed E-state index contributed by atoms with van der Waals surface area (Å²) in [6.45, 7) is 0. The maximum atomic E-state index is 13.8. The van der Waals surface area contributed by atoms with E-state index in [0.29, 0.717) is 5.75 Å². The number of anilines is 1. The van der Waals surface area contributed by atoms with Crippen molar-refractivity contribution in [3.63, 3.8) is 0 Å². The van der Waals surface area contributed by atoms with E-state index < -0.39 is 41.1 Å². The van der Waals surface area contributed by atoms with Crippen molar-refractivity contribution in [1.82, 2.24) is 10.6 Å². The van der Waals surface area contributed by atoms with Crippen LogP contribution in [0, 0.1) is 5.82 Å². The second-order valence-corrected chi connectivity index (χ2v) is 5.95. The molecule has 152 valence electrons. The first-order valence-electron chi connectivity index (χ1n) is 8.05. The fraction of sp³-hybridized carbons (Fsp3) is 0.167. The minimum atomic E-state index is -5.41. The number of imide groups is 1. The summed E-state index contributed by atoms with van der Waals surface area (Å²) < 4.78 is 60.2. The minimum Gasteiger partial charge on any atom is -0.497 e. The summed E-state index contributed by atoms with van der Waals surface area (Å²) in [6, 6.07) is 7.93. The molecule has 1 aliphatic heterocycles. The molecule has 2 aromatic carbocycles. The summed E-state index contributed by atoms with van der Waals surface area (Å²) in [7, 11) is 1.36. The van der Waals surface area contributed by atoms with Crippen LogP contribution in [0.25, 0.3) is 0 Å². The van der Waals surface area contributed by atoms with Gasteiger partial charge in [-0.3, -0.25) is 14.9 Å². The lowest BCUT2D eigenvalue weighted by molar-refractivity contribution is -0.197. The number of carbonyl (C=O) groups is 3. The molecule has 2 N–H and O–H groups in total. The molecule has 29 heavy (non-hydrogen) atoms. The molecule has 7 nitrogen and oxygen atoms in total. The fourth-order valence-electron chi connectivity index (χ4n) is 2.73. The van der Waals surface area contributed by atoms with Gasteiger partial charge in [-0.2, -0.15) is 13.2 Å². The Morgan fingerprint density at radius 1 is 1.10 bits per heavy atom. The summed E-state index contributed by atoms with van der Waals surface area (Å²) in [5.41, 5.74) is -4.66. The molecule has 1 fully saturated rings. The molecule has 1 atom stereocenters. The molecular formula is C18H13F4N3O4. The van der Waals surface area contributed by atoms with Crippen molar-refractivity contribution in [2.75, 3.05) is 12.0 Å². The highest BCUT2D eigenvalue weighted by Crippen LogP contribution is 2.36. The quantitative estimate of drug-likeness (QED) is 0.598. The summed E-state index contributed by atoms with van der Waals surface area (Å²) >= 11 is 0. The van der Waals surface area contributed by atoms with Crippen molar-refractivity contribution in [2.24, 2.45) is 0 Å². The first-order valence-corrected chi connectivity index (χ1v) is 8.05. The molecule has 0 bridgehead atoms. The van der Waals surface area contributed by atoms with E-state index in [9.17, 15) is 31.9 Å². The number of methoxy groups -OCH3 is 1. The zero-order valence-electron chi connectivity index (χ0n) is 14.7. The largest absolute Gasteiger partial charge is 0.497 e. The van der Waals surface area contributed by atoms with Gasteiger partial charge in [-0.25, -0.2) is 14.1 Å². The first kappa shape index (κ1) is 20.1. The van der Waals surface area contributed by atoms with Crippen LogP contribution < -0.4 is 20.3 Å². The van der Waals surface area contributed by atoms with Crippen LogP contribution in [-0.2, 0) is 4.79 Å². The van der Waals surface area contributed by atoms with E-state index in [-0.39, 0.29) is 10.6 Å². The number of benzene rings is 2. The lowest BCUT2D eigenvalue weighted by Gasteiger charge is -2.29. The van der Waals surface area contributed by atoms with Gasteiger partial charge in [0.05, 0.1) is 18.4 Å². The Balaban J connectivity index is 2.00. The predicted molar refractivity (Wildman–Crippen MR) is 91.7 cm³/mol. The maximum Gasteiger partial charge on any atom is 0.440 e. The predicted octanol–water partition coefficient (Wildman–Crippen LogP) is 2.58. The van der Waals surface area contributed by atoms with Crippen LogP contribution in [0.4, 0.5) is 28.0 Å². The van der Waals surface area contributed by atoms with E-state index in [2.05, 4.69) is 0 Å². The second kappa shape index (κ2) is 7.08. The Morgan fingerprint density at radius 2 is 1.72 bits per heavy atom. The van der Waals surface area contributed by atoms with Gasteiger partial charge in [0, 0.05) is 0 Å². The summed E-state index contributed by atoms with van der Waals surface area (Å²) in [4.78, 5) is 37.4. The van der Waals surface area contributed by atoms with E-state index >= 15 is 0 Å². The molecular weight excluding hydrogens is 398 g/mol. The molecule has 1 saturated heterocycles. The normalized spacial score (nSPS) is 19.1. The van der Waals surface area contributed by atoms with Crippen LogP contribution >= 0.6 is 0 Å². The number of ether oxygens (including phenoxy) is 1. The molecule has 0 radical (unpaired) electrons. The van der Waals surface area contributed by atoms with Crippen molar-refractivity contribution >= 4 is 23.5 Å². The van der Waals surface area contributed by atoms with Crippen molar-refractivity contribution in [1.29, 1.82) is 0 Å². The number of carbonyl (C=O) groups excluding carboxylic acids is 3. The van der Waals surface area contributed by atoms with Gasteiger partial charge in [-0.05, 0) is 36.4 Å². The van der Waals surface area contributed by atoms with Crippen LogP contribution in [0.5, 0.6) is 5.75 Å². The molecule has 1 heterocycles. The number of amides is 4. The van der Waals surface area contributed by atoms with E-state index in [1.165, 1.54) is 54.1 Å². The third-order valence-corrected chi connectivity index (χ3v) is 4.20. The molecule has 0 aliphatic carbocycles. The Morgan fingerprint density at radius 3 is 2.28 bits per heavy atom. The number of urea groups is 1. The molecule has 11 heteroatoms. The zero-order chi connectivity index (χ0) is 21.4. The highest BCUT2D eigenvalue weighted by molar-refractivity contribution is 6.24. The van der Waals surface area contributed by atoms with Crippen LogP contribution in [0.1, 0.15) is 10.4 Å². The number of rotatable bonds is 4. The van der Waals surface area contributed by atoms with Gasteiger partial charge in [-0.15, -0.1) is 0 Å². The SMILES string of the molecule is COc1ccc(N2C(=O)N[C@](NC(=O)c3ccccc3F)(C(F)(F)F)C2=O)cc1. The number of halogens is 4. The van der Waals surface area contributed by atoms with Crippen LogP contribution in [0.2, 0.25) is 0 Å². The zero-order valence-corrected chi connectivity index (χ0v) is 14.7. The van der Waals surface area contributed by atoms with Crippen molar-refractivity contribution in [2.45, 2.75) is 11.8 Å². The van der Waals surface area contributed by atoms with Crippen molar-refractivity contribution in [3.8, 4) is 5.75 Å². The molecule has 0 spiro atoms. The number of hydrogen-bond acceptors (Lipinski definition) is 4. The highest BCUT2D eigenvalue weighted by atomic mass is 19.4. The number of alkyl halides is 3. The molecule has 3 rings (SSSR count). The van der Waals surface area contributed by atoms with Gasteiger partial charge in [0.1, 0.15) is 11.6 Å². The average Bonchev–Trinajstić information content (AvgIpc) is 2.92.